The molecule has 96 valence electrons. The maximum absolute atomic E-state index is 12.5. The number of rotatable bonds is 4. The van der Waals surface area contributed by atoms with Crippen molar-refractivity contribution < 1.29 is 13.2 Å². The average Bonchev–Trinajstić information content (AvgIpc) is 2.24. The summed E-state index contributed by atoms with van der Waals surface area (Å²) in [6, 6.07) is 3.92. The summed E-state index contributed by atoms with van der Waals surface area (Å²) in [4.78, 5) is 5.36. The van der Waals surface area contributed by atoms with E-state index in [1.165, 1.54) is 6.07 Å². The number of nitrogens with zero attached hydrogens (tertiary/aromatic N) is 2. The number of hydrogen-bond donors (Lipinski definition) is 0. The van der Waals surface area contributed by atoms with E-state index >= 15 is 0 Å². The van der Waals surface area contributed by atoms with Gasteiger partial charge in [0.25, 0.3) is 0 Å². The van der Waals surface area contributed by atoms with E-state index in [-0.39, 0.29) is 6.04 Å². The minimum atomic E-state index is -4.42. The Bertz CT molecular complexity index is 366. The first kappa shape index (κ1) is 14.1. The van der Waals surface area contributed by atoms with E-state index in [2.05, 4.69) is 4.98 Å². The first-order valence-corrected chi connectivity index (χ1v) is 5.76. The van der Waals surface area contributed by atoms with Crippen LogP contribution in [0.4, 0.5) is 19.0 Å². The number of hydrogen-bond acceptors (Lipinski definition) is 2. The predicted molar refractivity (Wildman–Crippen MR) is 62.4 cm³/mol. The lowest BCUT2D eigenvalue weighted by molar-refractivity contribution is -0.141. The van der Waals surface area contributed by atoms with Crippen LogP contribution in [-0.2, 0) is 6.18 Å². The molecular weight excluding hydrogens is 253 g/mol. The van der Waals surface area contributed by atoms with Gasteiger partial charge in [-0.15, -0.1) is 11.6 Å². The van der Waals surface area contributed by atoms with Gasteiger partial charge in [-0.2, -0.15) is 13.2 Å². The second-order valence-electron chi connectivity index (χ2n) is 3.85. The van der Waals surface area contributed by atoms with Crippen molar-refractivity contribution in [2.75, 3.05) is 17.3 Å². The Labute approximate surface area is 103 Å². The van der Waals surface area contributed by atoms with Crippen molar-refractivity contribution >= 4 is 17.4 Å². The molecular formula is C11H14ClF3N2. The van der Waals surface area contributed by atoms with Crippen molar-refractivity contribution in [1.82, 2.24) is 4.98 Å². The molecule has 17 heavy (non-hydrogen) atoms. The lowest BCUT2D eigenvalue weighted by Gasteiger charge is -2.27. The number of aromatic nitrogens is 1. The summed E-state index contributed by atoms with van der Waals surface area (Å²) in [6.45, 7) is 4.23. The number of halogens is 4. The van der Waals surface area contributed by atoms with Crippen molar-refractivity contribution in [3.05, 3.63) is 23.9 Å². The summed E-state index contributed by atoms with van der Waals surface area (Å²) in [5.41, 5.74) is -0.879. The maximum Gasteiger partial charge on any atom is 0.433 e. The monoisotopic (exact) mass is 266 g/mol. The molecule has 0 aliphatic carbocycles. The van der Waals surface area contributed by atoms with E-state index in [0.717, 1.165) is 6.07 Å². The average molecular weight is 267 g/mol. The van der Waals surface area contributed by atoms with Crippen LogP contribution < -0.4 is 4.90 Å². The number of pyridine rings is 1. The Morgan fingerprint density at radius 3 is 2.47 bits per heavy atom. The van der Waals surface area contributed by atoms with Crippen molar-refractivity contribution in [2.24, 2.45) is 0 Å². The SMILES string of the molecule is CC(C)N(CCCl)c1cccc(C(F)(F)F)n1. The Hall–Kier alpha value is -0.970. The molecule has 0 bridgehead atoms. The van der Waals surface area contributed by atoms with E-state index < -0.39 is 11.9 Å². The molecule has 0 amide bonds. The van der Waals surface area contributed by atoms with Crippen LogP contribution in [0.5, 0.6) is 0 Å². The number of anilines is 1. The van der Waals surface area contributed by atoms with E-state index in [9.17, 15) is 13.2 Å². The van der Waals surface area contributed by atoms with Gasteiger partial charge in [-0.25, -0.2) is 4.98 Å². The molecule has 0 fully saturated rings. The summed E-state index contributed by atoms with van der Waals surface area (Å²) in [5.74, 6) is 0.645. The highest BCUT2D eigenvalue weighted by molar-refractivity contribution is 6.18. The van der Waals surface area contributed by atoms with Gasteiger partial charge in [-0.3, -0.25) is 0 Å². The van der Waals surface area contributed by atoms with Crippen LogP contribution in [0.3, 0.4) is 0 Å². The zero-order valence-electron chi connectivity index (χ0n) is 9.63. The molecule has 0 aliphatic rings. The van der Waals surface area contributed by atoms with Crippen LogP contribution >= 0.6 is 11.6 Å². The highest BCUT2D eigenvalue weighted by Crippen LogP contribution is 2.29. The lowest BCUT2D eigenvalue weighted by atomic mass is 10.3. The van der Waals surface area contributed by atoms with Gasteiger partial charge < -0.3 is 4.90 Å². The molecule has 6 heteroatoms. The van der Waals surface area contributed by atoms with Gasteiger partial charge >= 0.3 is 6.18 Å². The van der Waals surface area contributed by atoms with Crippen molar-refractivity contribution in [3.63, 3.8) is 0 Å². The Morgan fingerprint density at radius 1 is 1.35 bits per heavy atom. The zero-order chi connectivity index (χ0) is 13.1. The molecule has 0 spiro atoms. The second-order valence-corrected chi connectivity index (χ2v) is 4.23. The standard InChI is InChI=1S/C11H14ClF3N2/c1-8(2)17(7-6-12)10-5-3-4-9(16-10)11(13,14)15/h3-5,8H,6-7H2,1-2H3. The van der Waals surface area contributed by atoms with Crippen LogP contribution in [0.2, 0.25) is 0 Å². The molecule has 0 N–H and O–H groups in total. The van der Waals surface area contributed by atoms with Gasteiger partial charge in [0, 0.05) is 18.5 Å². The first-order valence-electron chi connectivity index (χ1n) is 5.23. The molecule has 0 saturated carbocycles. The molecule has 0 aromatic carbocycles. The third kappa shape index (κ3) is 3.77. The van der Waals surface area contributed by atoms with Crippen LogP contribution in [-0.4, -0.2) is 23.5 Å². The molecule has 1 aromatic heterocycles. The van der Waals surface area contributed by atoms with E-state index in [1.807, 2.05) is 13.8 Å². The van der Waals surface area contributed by atoms with E-state index in [1.54, 1.807) is 11.0 Å². The molecule has 0 aliphatic heterocycles. The van der Waals surface area contributed by atoms with Crippen LogP contribution in [0.25, 0.3) is 0 Å². The third-order valence-electron chi connectivity index (χ3n) is 2.27. The molecule has 0 radical (unpaired) electrons. The quantitative estimate of drug-likeness (QED) is 0.775. The fourth-order valence-electron chi connectivity index (χ4n) is 1.47. The van der Waals surface area contributed by atoms with Crippen molar-refractivity contribution in [1.29, 1.82) is 0 Å². The Balaban J connectivity index is 3.04. The first-order chi connectivity index (χ1) is 7.86. The molecule has 1 rings (SSSR count). The lowest BCUT2D eigenvalue weighted by Crippen LogP contribution is -2.33. The summed E-state index contributed by atoms with van der Waals surface area (Å²) >= 11 is 5.63. The third-order valence-corrected chi connectivity index (χ3v) is 2.44. The van der Waals surface area contributed by atoms with Crippen LogP contribution in [0.15, 0.2) is 18.2 Å². The second kappa shape index (κ2) is 5.58. The fraction of sp³-hybridized carbons (Fsp3) is 0.545. The molecule has 1 aromatic rings. The highest BCUT2D eigenvalue weighted by Gasteiger charge is 2.32. The van der Waals surface area contributed by atoms with Gasteiger partial charge in [0.05, 0.1) is 0 Å². The molecule has 0 unspecified atom stereocenters. The number of alkyl halides is 4. The van der Waals surface area contributed by atoms with Crippen LogP contribution in [0, 0.1) is 0 Å². The summed E-state index contributed by atoms with van der Waals surface area (Å²) in [5, 5.41) is 0. The zero-order valence-corrected chi connectivity index (χ0v) is 10.4. The van der Waals surface area contributed by atoms with Gasteiger partial charge in [0.1, 0.15) is 11.5 Å². The predicted octanol–water partition coefficient (Wildman–Crippen LogP) is 3.55. The van der Waals surface area contributed by atoms with Crippen LogP contribution in [0.1, 0.15) is 19.5 Å². The minimum absolute atomic E-state index is 0.0460. The minimum Gasteiger partial charge on any atom is -0.353 e. The fourth-order valence-corrected chi connectivity index (χ4v) is 1.65. The normalized spacial score (nSPS) is 11.9. The van der Waals surface area contributed by atoms with E-state index in [4.69, 9.17) is 11.6 Å². The smallest absolute Gasteiger partial charge is 0.353 e. The van der Waals surface area contributed by atoms with E-state index in [0.29, 0.717) is 18.2 Å². The van der Waals surface area contributed by atoms with Gasteiger partial charge in [0.15, 0.2) is 0 Å². The molecule has 1 heterocycles. The molecule has 2 nitrogen and oxygen atoms in total. The highest BCUT2D eigenvalue weighted by atomic mass is 35.5. The summed E-state index contributed by atoms with van der Waals surface area (Å²) in [6.07, 6.45) is -4.42. The largest absolute Gasteiger partial charge is 0.433 e. The van der Waals surface area contributed by atoms with Gasteiger partial charge in [-0.1, -0.05) is 6.07 Å². The summed E-state index contributed by atoms with van der Waals surface area (Å²) < 4.78 is 37.5. The maximum atomic E-state index is 12.5. The van der Waals surface area contributed by atoms with Gasteiger partial charge in [-0.05, 0) is 26.0 Å². The topological polar surface area (TPSA) is 16.1 Å². The Morgan fingerprint density at radius 2 is 2.00 bits per heavy atom. The summed E-state index contributed by atoms with van der Waals surface area (Å²) in [7, 11) is 0. The molecule has 0 saturated heterocycles. The molecule has 0 atom stereocenters. The van der Waals surface area contributed by atoms with Crippen molar-refractivity contribution in [2.45, 2.75) is 26.1 Å². The van der Waals surface area contributed by atoms with Gasteiger partial charge in [0.2, 0.25) is 0 Å². The Kier molecular flexibility index (Phi) is 4.62. The van der Waals surface area contributed by atoms with Crippen molar-refractivity contribution in [3.8, 4) is 0 Å².